The van der Waals surface area contributed by atoms with Gasteiger partial charge in [0, 0.05) is 17.8 Å². The van der Waals surface area contributed by atoms with Crippen molar-refractivity contribution in [1.29, 1.82) is 0 Å². The number of fused-ring (bicyclic) bond motifs is 3. The number of anilines is 1. The van der Waals surface area contributed by atoms with Gasteiger partial charge in [0.2, 0.25) is 5.95 Å². The van der Waals surface area contributed by atoms with Crippen LogP contribution in [0, 0.1) is 10.1 Å². The summed E-state index contributed by atoms with van der Waals surface area (Å²) >= 11 is 0. The number of nitro benzene ring substituents is 1. The van der Waals surface area contributed by atoms with Crippen molar-refractivity contribution >= 4 is 28.6 Å². The molecule has 2 aromatic carbocycles. The maximum atomic E-state index is 13.5. The molecule has 1 atom stereocenters. The van der Waals surface area contributed by atoms with E-state index in [2.05, 4.69) is 10.3 Å². The maximum Gasteiger partial charge on any atom is 0.338 e. The molecule has 0 spiro atoms. The predicted molar refractivity (Wildman–Crippen MR) is 120 cm³/mol. The number of nitrogens with zero attached hydrogens (tertiary/aromatic N) is 3. The lowest BCUT2D eigenvalue weighted by Crippen LogP contribution is -2.31. The van der Waals surface area contributed by atoms with Gasteiger partial charge >= 0.3 is 5.97 Å². The Kier molecular flexibility index (Phi) is 5.13. The van der Waals surface area contributed by atoms with Crippen molar-refractivity contribution in [2.45, 2.75) is 51.2 Å². The molecule has 3 aromatic rings. The largest absolute Gasteiger partial charge is 0.459 e. The van der Waals surface area contributed by atoms with E-state index in [1.807, 2.05) is 41.8 Å². The topological polar surface area (TPSA) is 99.3 Å². The van der Waals surface area contributed by atoms with Crippen molar-refractivity contribution in [2.75, 3.05) is 5.32 Å². The lowest BCUT2D eigenvalue weighted by Gasteiger charge is -2.31. The first-order valence-corrected chi connectivity index (χ1v) is 10.9. The number of carbonyl (C=O) groups excluding carboxylic acids is 1. The smallest absolute Gasteiger partial charge is 0.338 e. The Hall–Kier alpha value is -3.68. The molecule has 0 unspecified atom stereocenters. The highest BCUT2D eigenvalue weighted by atomic mass is 16.6. The molecule has 1 saturated carbocycles. The zero-order chi connectivity index (χ0) is 22.2. The van der Waals surface area contributed by atoms with E-state index in [-0.39, 0.29) is 17.8 Å². The molecule has 1 fully saturated rings. The number of hydrogen-bond donors (Lipinski definition) is 1. The Bertz CT molecular complexity index is 1240. The lowest BCUT2D eigenvalue weighted by atomic mass is 9.94. The average Bonchev–Trinajstić information content (AvgIpc) is 3.16. The van der Waals surface area contributed by atoms with Crippen molar-refractivity contribution in [1.82, 2.24) is 9.55 Å². The fourth-order valence-electron chi connectivity index (χ4n) is 4.75. The van der Waals surface area contributed by atoms with E-state index >= 15 is 0 Å². The van der Waals surface area contributed by atoms with Crippen molar-refractivity contribution < 1.29 is 14.5 Å². The molecule has 0 saturated heterocycles. The number of allylic oxidation sites excluding steroid dienone is 1. The molecule has 32 heavy (non-hydrogen) atoms. The number of benzene rings is 2. The standard InChI is InChI=1S/C24H24N4O4/c1-15-21(23(29)32-18-10-3-2-4-11-18)22(16-8-7-9-17(14-16)28(30)31)27-20-13-6-5-12-19(20)26-24(27)25-15/h5-9,12-14,18,22H,2-4,10-11H2,1H3,(H,25,26)/t22-/m0/s1. The number of rotatable bonds is 4. The van der Waals surface area contributed by atoms with Crippen LogP contribution >= 0.6 is 0 Å². The highest BCUT2D eigenvalue weighted by Crippen LogP contribution is 2.40. The maximum absolute atomic E-state index is 13.5. The molecule has 0 radical (unpaired) electrons. The zero-order valence-corrected chi connectivity index (χ0v) is 17.8. The summed E-state index contributed by atoms with van der Waals surface area (Å²) in [5.74, 6) is 0.205. The minimum atomic E-state index is -0.588. The first-order chi connectivity index (χ1) is 15.5. The molecule has 1 aliphatic carbocycles. The van der Waals surface area contributed by atoms with Gasteiger partial charge in [0.05, 0.1) is 27.6 Å². The van der Waals surface area contributed by atoms with E-state index < -0.39 is 11.0 Å². The highest BCUT2D eigenvalue weighted by Gasteiger charge is 2.36. The third-order valence-corrected chi connectivity index (χ3v) is 6.27. The Morgan fingerprint density at radius 3 is 2.72 bits per heavy atom. The van der Waals surface area contributed by atoms with Crippen molar-refractivity contribution in [3.8, 4) is 0 Å². The third kappa shape index (κ3) is 3.51. The van der Waals surface area contributed by atoms with Gasteiger partial charge in [-0.3, -0.25) is 14.7 Å². The van der Waals surface area contributed by atoms with Gasteiger partial charge in [-0.2, -0.15) is 0 Å². The second-order valence-corrected chi connectivity index (χ2v) is 8.38. The molecule has 8 heteroatoms. The molecule has 0 amide bonds. The minimum absolute atomic E-state index is 0.0235. The number of esters is 1. The van der Waals surface area contributed by atoms with Crippen LogP contribution in [-0.2, 0) is 9.53 Å². The van der Waals surface area contributed by atoms with E-state index in [1.165, 1.54) is 12.1 Å². The number of imidazole rings is 1. The molecule has 8 nitrogen and oxygen atoms in total. The van der Waals surface area contributed by atoms with E-state index in [0.717, 1.165) is 43.1 Å². The van der Waals surface area contributed by atoms with Crippen LogP contribution in [0.5, 0.6) is 0 Å². The fraction of sp³-hybridized carbons (Fsp3) is 0.333. The second-order valence-electron chi connectivity index (χ2n) is 8.38. The molecule has 1 aromatic heterocycles. The molecule has 5 rings (SSSR count). The van der Waals surface area contributed by atoms with Crippen LogP contribution in [0.2, 0.25) is 0 Å². The Balaban J connectivity index is 1.64. The van der Waals surface area contributed by atoms with Crippen LogP contribution in [0.4, 0.5) is 11.6 Å². The summed E-state index contributed by atoms with van der Waals surface area (Å²) in [6, 6.07) is 13.5. The SMILES string of the molecule is CC1=C(C(=O)OC2CCCCC2)[C@H](c2cccc([N+](=O)[O-])c2)n2c(nc3ccccc32)N1. The van der Waals surface area contributed by atoms with Gasteiger partial charge < -0.3 is 10.1 Å². The van der Waals surface area contributed by atoms with Gasteiger partial charge in [0.15, 0.2) is 0 Å². The van der Waals surface area contributed by atoms with Crippen molar-refractivity contribution in [3.05, 3.63) is 75.5 Å². The van der Waals surface area contributed by atoms with Crippen LogP contribution in [0.3, 0.4) is 0 Å². The number of carbonyl (C=O) groups is 1. The van der Waals surface area contributed by atoms with E-state index in [9.17, 15) is 14.9 Å². The van der Waals surface area contributed by atoms with Gasteiger partial charge in [0.1, 0.15) is 6.10 Å². The number of aromatic nitrogens is 2. The van der Waals surface area contributed by atoms with Crippen LogP contribution < -0.4 is 5.32 Å². The van der Waals surface area contributed by atoms with Crippen LogP contribution in [-0.4, -0.2) is 26.5 Å². The summed E-state index contributed by atoms with van der Waals surface area (Å²) in [6.07, 6.45) is 4.91. The molecule has 2 heterocycles. The van der Waals surface area contributed by atoms with Crippen molar-refractivity contribution in [3.63, 3.8) is 0 Å². The molecule has 1 N–H and O–H groups in total. The summed E-state index contributed by atoms with van der Waals surface area (Å²) in [5, 5.41) is 14.7. The Morgan fingerprint density at radius 1 is 1.16 bits per heavy atom. The van der Waals surface area contributed by atoms with Gasteiger partial charge in [-0.25, -0.2) is 9.78 Å². The van der Waals surface area contributed by atoms with Crippen molar-refractivity contribution in [2.24, 2.45) is 0 Å². The monoisotopic (exact) mass is 432 g/mol. The van der Waals surface area contributed by atoms with E-state index in [1.54, 1.807) is 6.07 Å². The highest BCUT2D eigenvalue weighted by molar-refractivity contribution is 5.94. The number of para-hydroxylation sites is 2. The average molecular weight is 432 g/mol. The normalized spacial score (nSPS) is 18.8. The van der Waals surface area contributed by atoms with E-state index in [4.69, 9.17) is 4.74 Å². The summed E-state index contributed by atoms with van der Waals surface area (Å²) in [5.41, 5.74) is 3.32. The number of hydrogen-bond acceptors (Lipinski definition) is 6. The number of nitrogens with one attached hydrogen (secondary N) is 1. The number of ether oxygens (including phenoxy) is 1. The lowest BCUT2D eigenvalue weighted by molar-refractivity contribution is -0.384. The molecular formula is C24H24N4O4. The van der Waals surface area contributed by atoms with Crippen LogP contribution in [0.1, 0.15) is 50.6 Å². The van der Waals surface area contributed by atoms with Gasteiger partial charge in [-0.15, -0.1) is 0 Å². The molecule has 0 bridgehead atoms. The molecule has 2 aliphatic rings. The van der Waals surface area contributed by atoms with E-state index in [0.29, 0.717) is 22.8 Å². The molecular weight excluding hydrogens is 408 g/mol. The van der Waals surface area contributed by atoms with Gasteiger partial charge in [-0.05, 0) is 50.3 Å². The number of nitro groups is 1. The number of non-ortho nitro benzene ring substituents is 1. The predicted octanol–water partition coefficient (Wildman–Crippen LogP) is 5.11. The Labute approximate surface area is 185 Å². The quantitative estimate of drug-likeness (QED) is 0.349. The van der Waals surface area contributed by atoms with Gasteiger partial charge in [-0.1, -0.05) is 30.7 Å². The second kappa shape index (κ2) is 8.11. The zero-order valence-electron chi connectivity index (χ0n) is 17.8. The molecule has 1 aliphatic heterocycles. The summed E-state index contributed by atoms with van der Waals surface area (Å²) in [6.45, 7) is 1.82. The first-order valence-electron chi connectivity index (χ1n) is 10.9. The summed E-state index contributed by atoms with van der Waals surface area (Å²) in [7, 11) is 0. The third-order valence-electron chi connectivity index (χ3n) is 6.27. The minimum Gasteiger partial charge on any atom is -0.459 e. The van der Waals surface area contributed by atoms with Crippen LogP contribution in [0.25, 0.3) is 11.0 Å². The van der Waals surface area contributed by atoms with Gasteiger partial charge in [0.25, 0.3) is 5.69 Å². The summed E-state index contributed by atoms with van der Waals surface area (Å²) < 4.78 is 7.86. The van der Waals surface area contributed by atoms with Crippen LogP contribution in [0.15, 0.2) is 59.8 Å². The summed E-state index contributed by atoms with van der Waals surface area (Å²) in [4.78, 5) is 29.2. The molecule has 164 valence electrons. The Morgan fingerprint density at radius 2 is 1.94 bits per heavy atom. The first kappa shape index (κ1) is 20.2. The fourth-order valence-corrected chi connectivity index (χ4v) is 4.75.